The van der Waals surface area contributed by atoms with Crippen LogP contribution in [0.2, 0.25) is 0 Å². The fourth-order valence-electron chi connectivity index (χ4n) is 2.29. The Morgan fingerprint density at radius 3 is 2.68 bits per heavy atom. The third-order valence-electron chi connectivity index (χ3n) is 3.48. The minimum atomic E-state index is -3.05. The van der Waals surface area contributed by atoms with Crippen molar-refractivity contribution in [2.24, 2.45) is 5.92 Å². The van der Waals surface area contributed by atoms with Gasteiger partial charge in [0.1, 0.15) is 0 Å². The Balaban J connectivity index is 1.69. The molecule has 1 aliphatic heterocycles. The predicted octanol–water partition coefficient (Wildman–Crippen LogP) is 2.79. The van der Waals surface area contributed by atoms with Crippen molar-refractivity contribution >= 4 is 54.8 Å². The summed E-state index contributed by atoms with van der Waals surface area (Å²) < 4.78 is 24.0. The molecular weight excluding hydrogens is 435 g/mol. The van der Waals surface area contributed by atoms with Gasteiger partial charge in [-0.1, -0.05) is 12.1 Å². The van der Waals surface area contributed by atoms with Crippen LogP contribution in [-0.2, 0) is 14.6 Å². The Morgan fingerprint density at radius 2 is 2.05 bits per heavy atom. The first-order valence-electron chi connectivity index (χ1n) is 6.66. The zero-order chi connectivity index (χ0) is 15.7. The van der Waals surface area contributed by atoms with Crippen LogP contribution < -0.4 is 5.32 Å². The highest BCUT2D eigenvalue weighted by Crippen LogP contribution is 2.27. The molecule has 0 aliphatic carbocycles. The molecule has 1 aromatic carbocycles. The Labute approximate surface area is 146 Å². The van der Waals surface area contributed by atoms with E-state index >= 15 is 0 Å². The molecule has 3 rings (SSSR count). The zero-order valence-electron chi connectivity index (χ0n) is 11.5. The number of amides is 1. The van der Waals surface area contributed by atoms with E-state index in [0.717, 1.165) is 14.8 Å². The molecule has 0 radical (unpaired) electrons. The summed E-state index contributed by atoms with van der Waals surface area (Å²) in [6.07, 6.45) is 0.392. The molecule has 1 aromatic heterocycles. The third kappa shape index (κ3) is 3.66. The summed E-state index contributed by atoms with van der Waals surface area (Å²) in [5.74, 6) is -0.689. The lowest BCUT2D eigenvalue weighted by Gasteiger charge is -2.06. The highest BCUT2D eigenvalue weighted by Gasteiger charge is 2.33. The van der Waals surface area contributed by atoms with E-state index < -0.39 is 15.8 Å². The number of benzene rings is 1. The molecule has 0 bridgehead atoms. The van der Waals surface area contributed by atoms with E-state index in [2.05, 4.69) is 32.9 Å². The smallest absolute Gasteiger partial charge is 0.230 e. The number of aromatic nitrogens is 1. The zero-order valence-corrected chi connectivity index (χ0v) is 15.2. The van der Waals surface area contributed by atoms with E-state index in [-0.39, 0.29) is 17.4 Å². The Bertz CT molecular complexity index is 800. The molecule has 1 atom stereocenters. The molecule has 8 heteroatoms. The Hall–Kier alpha value is -1.00. The second-order valence-electron chi connectivity index (χ2n) is 5.13. The molecule has 2 heterocycles. The predicted molar refractivity (Wildman–Crippen MR) is 95.7 cm³/mol. The average Bonchev–Trinajstić information content (AvgIpc) is 3.06. The molecule has 22 heavy (non-hydrogen) atoms. The van der Waals surface area contributed by atoms with Crippen molar-refractivity contribution in [3.63, 3.8) is 0 Å². The number of nitrogens with zero attached hydrogens (tertiary/aromatic N) is 1. The average molecular weight is 448 g/mol. The van der Waals surface area contributed by atoms with Crippen LogP contribution in [0.1, 0.15) is 6.42 Å². The number of rotatable bonds is 3. The van der Waals surface area contributed by atoms with Gasteiger partial charge in [-0.05, 0) is 41.1 Å². The molecule has 1 N–H and O–H groups in total. The van der Waals surface area contributed by atoms with Crippen LogP contribution in [0, 0.1) is 9.49 Å². The van der Waals surface area contributed by atoms with E-state index in [1.54, 1.807) is 0 Å². The van der Waals surface area contributed by atoms with E-state index in [4.69, 9.17) is 0 Å². The molecule has 1 aliphatic rings. The number of sulfone groups is 1. The molecule has 0 spiro atoms. The summed E-state index contributed by atoms with van der Waals surface area (Å²) >= 11 is 3.58. The van der Waals surface area contributed by atoms with E-state index in [9.17, 15) is 13.2 Å². The minimum absolute atomic E-state index is 0.0613. The van der Waals surface area contributed by atoms with Crippen molar-refractivity contribution in [2.75, 3.05) is 16.8 Å². The Morgan fingerprint density at radius 1 is 1.32 bits per heavy atom. The van der Waals surface area contributed by atoms with Gasteiger partial charge >= 0.3 is 0 Å². The SMILES string of the molecule is O=C(Nc1nc(-c2ccc(I)cc2)cs1)C1CCS(=O)(=O)C1. The number of hydrogen-bond donors (Lipinski definition) is 1. The van der Waals surface area contributed by atoms with Crippen molar-refractivity contribution in [3.8, 4) is 11.3 Å². The maximum atomic E-state index is 12.1. The van der Waals surface area contributed by atoms with Gasteiger partial charge in [0.2, 0.25) is 5.91 Å². The quantitative estimate of drug-likeness (QED) is 0.733. The van der Waals surface area contributed by atoms with Gasteiger partial charge in [-0.3, -0.25) is 4.79 Å². The molecule has 1 amide bonds. The number of carbonyl (C=O) groups excluding carboxylic acids is 1. The fraction of sp³-hybridized carbons (Fsp3) is 0.286. The highest BCUT2D eigenvalue weighted by molar-refractivity contribution is 14.1. The van der Waals surface area contributed by atoms with E-state index in [1.807, 2.05) is 29.6 Å². The molecule has 2 aromatic rings. The number of carbonyl (C=O) groups is 1. The largest absolute Gasteiger partial charge is 0.302 e. The number of halogens is 1. The number of hydrogen-bond acceptors (Lipinski definition) is 5. The van der Waals surface area contributed by atoms with Crippen LogP contribution in [0.4, 0.5) is 5.13 Å². The van der Waals surface area contributed by atoms with Gasteiger partial charge in [-0.2, -0.15) is 0 Å². The summed E-state index contributed by atoms with van der Waals surface area (Å²) in [5, 5.41) is 5.11. The molecule has 1 fully saturated rings. The molecular formula is C14H13IN2O3S2. The van der Waals surface area contributed by atoms with Crippen LogP contribution in [0.5, 0.6) is 0 Å². The first kappa shape index (κ1) is 15.9. The van der Waals surface area contributed by atoms with Crippen molar-refractivity contribution in [2.45, 2.75) is 6.42 Å². The summed E-state index contributed by atoms with van der Waals surface area (Å²) in [7, 11) is -3.05. The van der Waals surface area contributed by atoms with Crippen molar-refractivity contribution < 1.29 is 13.2 Å². The van der Waals surface area contributed by atoms with Crippen LogP contribution in [-0.4, -0.2) is 30.8 Å². The molecule has 116 valence electrons. The summed E-state index contributed by atoms with van der Waals surface area (Å²) in [4.78, 5) is 16.5. The third-order valence-corrected chi connectivity index (χ3v) is 6.72. The van der Waals surface area contributed by atoms with Gasteiger partial charge in [0.05, 0.1) is 23.1 Å². The lowest BCUT2D eigenvalue weighted by molar-refractivity contribution is -0.119. The van der Waals surface area contributed by atoms with Crippen LogP contribution in [0.15, 0.2) is 29.6 Å². The fourth-order valence-corrected chi connectivity index (χ4v) is 5.12. The maximum absolute atomic E-state index is 12.1. The minimum Gasteiger partial charge on any atom is -0.302 e. The number of thiazole rings is 1. The van der Waals surface area contributed by atoms with Crippen molar-refractivity contribution in [1.29, 1.82) is 0 Å². The van der Waals surface area contributed by atoms with Crippen LogP contribution in [0.3, 0.4) is 0 Å². The van der Waals surface area contributed by atoms with Gasteiger partial charge in [0.15, 0.2) is 15.0 Å². The summed E-state index contributed by atoms with van der Waals surface area (Å²) in [5.41, 5.74) is 1.79. The normalized spacial score (nSPS) is 20.0. The second kappa shape index (κ2) is 6.25. The summed E-state index contributed by atoms with van der Waals surface area (Å²) in [6, 6.07) is 7.95. The standard InChI is InChI=1S/C14H13IN2O3S2/c15-11-3-1-9(2-4-11)12-7-21-14(16-12)17-13(18)10-5-6-22(19,20)8-10/h1-4,7,10H,5-6,8H2,(H,16,17,18). The van der Waals surface area contributed by atoms with Gasteiger partial charge < -0.3 is 5.32 Å². The molecule has 1 unspecified atom stereocenters. The van der Waals surface area contributed by atoms with Gasteiger partial charge in [-0.15, -0.1) is 11.3 Å². The molecule has 5 nitrogen and oxygen atoms in total. The van der Waals surface area contributed by atoms with Crippen molar-refractivity contribution in [3.05, 3.63) is 33.2 Å². The lowest BCUT2D eigenvalue weighted by atomic mass is 10.1. The Kier molecular flexibility index (Phi) is 4.51. The summed E-state index contributed by atoms with van der Waals surface area (Å²) in [6.45, 7) is 0. The van der Waals surface area contributed by atoms with Crippen LogP contribution in [0.25, 0.3) is 11.3 Å². The van der Waals surface area contributed by atoms with Crippen LogP contribution >= 0.6 is 33.9 Å². The molecule has 1 saturated heterocycles. The van der Waals surface area contributed by atoms with Gasteiger partial charge in [0, 0.05) is 14.5 Å². The first-order chi connectivity index (χ1) is 10.4. The monoisotopic (exact) mass is 448 g/mol. The highest BCUT2D eigenvalue weighted by atomic mass is 127. The molecule has 0 saturated carbocycles. The lowest BCUT2D eigenvalue weighted by Crippen LogP contribution is -2.23. The van der Waals surface area contributed by atoms with Gasteiger partial charge in [0.25, 0.3) is 0 Å². The van der Waals surface area contributed by atoms with E-state index in [1.165, 1.54) is 11.3 Å². The number of anilines is 1. The van der Waals surface area contributed by atoms with E-state index in [0.29, 0.717) is 11.6 Å². The second-order valence-corrected chi connectivity index (χ2v) is 9.47. The topological polar surface area (TPSA) is 76.1 Å². The van der Waals surface area contributed by atoms with Crippen molar-refractivity contribution in [1.82, 2.24) is 4.98 Å². The van der Waals surface area contributed by atoms with Gasteiger partial charge in [-0.25, -0.2) is 13.4 Å². The first-order valence-corrected chi connectivity index (χ1v) is 10.4. The number of nitrogens with one attached hydrogen (secondary N) is 1. The maximum Gasteiger partial charge on any atom is 0.230 e.